The molecule has 1 heterocycles. The normalized spacial score (nSPS) is 41.2. The molecule has 0 unspecified atom stereocenters. The Morgan fingerprint density at radius 1 is 1.18 bits per heavy atom. The van der Waals surface area contributed by atoms with Crippen molar-refractivity contribution in [2.45, 2.75) is 90.5 Å². The van der Waals surface area contributed by atoms with Crippen molar-refractivity contribution >= 4 is 8.32 Å². The fourth-order valence-corrected chi connectivity index (χ4v) is 5.43. The first-order chi connectivity index (χ1) is 10.2. The highest BCUT2D eigenvalue weighted by Crippen LogP contribution is 2.59. The lowest BCUT2D eigenvalue weighted by Crippen LogP contribution is -2.56. The van der Waals surface area contributed by atoms with Gasteiger partial charge in [0.2, 0.25) is 8.32 Å². The fraction of sp³-hybridized carbons (Fsp3) is 0.889. The van der Waals surface area contributed by atoms with Crippen molar-refractivity contribution in [1.82, 2.24) is 0 Å². The topological polar surface area (TPSA) is 27.7 Å². The zero-order chi connectivity index (χ0) is 16.2. The summed E-state index contributed by atoms with van der Waals surface area (Å²) < 4.78 is 19.1. The van der Waals surface area contributed by atoms with Gasteiger partial charge in [-0.1, -0.05) is 6.92 Å². The van der Waals surface area contributed by atoms with E-state index in [0.717, 1.165) is 19.3 Å². The maximum Gasteiger partial charge on any atom is 0.241 e. The van der Waals surface area contributed by atoms with Crippen LogP contribution in [-0.2, 0) is 13.9 Å². The molecule has 0 amide bonds. The summed E-state index contributed by atoms with van der Waals surface area (Å²) in [5, 5.41) is 0. The predicted molar refractivity (Wildman–Crippen MR) is 91.0 cm³/mol. The molecule has 1 saturated heterocycles. The average molecular weight is 325 g/mol. The number of rotatable bonds is 2. The van der Waals surface area contributed by atoms with E-state index in [-0.39, 0.29) is 23.4 Å². The summed E-state index contributed by atoms with van der Waals surface area (Å²) in [6.45, 7) is 13.4. The SMILES string of the molecule is C[C@H]1OC2(CCC[C@@H]3CC(O[Si](C)(C)C)=CC[C@@]32C)O[C@@H]1C. The van der Waals surface area contributed by atoms with E-state index in [1.165, 1.54) is 18.6 Å². The van der Waals surface area contributed by atoms with Crippen molar-refractivity contribution in [3.05, 3.63) is 11.8 Å². The molecule has 0 radical (unpaired) electrons. The van der Waals surface area contributed by atoms with Gasteiger partial charge in [-0.3, -0.25) is 0 Å². The Morgan fingerprint density at radius 2 is 1.82 bits per heavy atom. The largest absolute Gasteiger partial charge is 0.548 e. The van der Waals surface area contributed by atoms with Crippen molar-refractivity contribution in [3.63, 3.8) is 0 Å². The van der Waals surface area contributed by atoms with Gasteiger partial charge in [-0.2, -0.15) is 0 Å². The van der Waals surface area contributed by atoms with Gasteiger partial charge in [0.15, 0.2) is 5.79 Å². The fourth-order valence-electron chi connectivity index (χ4n) is 4.48. The minimum absolute atomic E-state index is 0.0799. The number of fused-ring (bicyclic) bond motifs is 2. The van der Waals surface area contributed by atoms with E-state index in [0.29, 0.717) is 5.92 Å². The first kappa shape index (κ1) is 16.5. The Balaban J connectivity index is 1.85. The van der Waals surface area contributed by atoms with E-state index in [1.54, 1.807) is 0 Å². The van der Waals surface area contributed by atoms with Gasteiger partial charge < -0.3 is 13.9 Å². The smallest absolute Gasteiger partial charge is 0.241 e. The average Bonchev–Trinajstić information content (AvgIpc) is 2.67. The van der Waals surface area contributed by atoms with E-state index in [1.807, 2.05) is 0 Å². The molecule has 3 nitrogen and oxygen atoms in total. The van der Waals surface area contributed by atoms with Crippen LogP contribution < -0.4 is 0 Å². The van der Waals surface area contributed by atoms with E-state index < -0.39 is 8.32 Å². The van der Waals surface area contributed by atoms with Crippen molar-refractivity contribution in [1.29, 1.82) is 0 Å². The molecule has 1 saturated carbocycles. The van der Waals surface area contributed by atoms with Gasteiger partial charge in [0.1, 0.15) is 0 Å². The summed E-state index contributed by atoms with van der Waals surface area (Å²) in [6.07, 6.45) is 8.27. The predicted octanol–water partition coefficient (Wildman–Crippen LogP) is 4.84. The molecule has 1 spiro atoms. The van der Waals surface area contributed by atoms with Crippen LogP contribution >= 0.6 is 0 Å². The summed E-state index contributed by atoms with van der Waals surface area (Å²) in [5.41, 5.74) is 0.0799. The van der Waals surface area contributed by atoms with Gasteiger partial charge in [0.25, 0.3) is 0 Å². The van der Waals surface area contributed by atoms with Crippen molar-refractivity contribution in [2.75, 3.05) is 0 Å². The van der Waals surface area contributed by atoms with Crippen molar-refractivity contribution in [2.24, 2.45) is 11.3 Å². The highest BCUT2D eigenvalue weighted by atomic mass is 28.4. The Labute approximate surface area is 136 Å². The Bertz CT molecular complexity index is 457. The van der Waals surface area contributed by atoms with Crippen LogP contribution in [0.2, 0.25) is 19.6 Å². The summed E-state index contributed by atoms with van der Waals surface area (Å²) in [4.78, 5) is 0. The summed E-state index contributed by atoms with van der Waals surface area (Å²) in [7, 11) is -1.52. The standard InChI is InChI=1S/C18H32O3Si/c1-13-14(2)20-18(19-13)10-7-8-15-12-16(21-22(4,5)6)9-11-17(15,18)3/h9,13-15H,7-8,10-12H2,1-6H3/t13-,14-,15-,17+/m1/s1. The van der Waals surface area contributed by atoms with Crippen LogP contribution in [0, 0.1) is 11.3 Å². The van der Waals surface area contributed by atoms with E-state index in [4.69, 9.17) is 13.9 Å². The molecule has 1 aliphatic heterocycles. The van der Waals surface area contributed by atoms with Gasteiger partial charge in [0.05, 0.1) is 18.0 Å². The lowest BCUT2D eigenvalue weighted by atomic mass is 9.58. The molecule has 0 N–H and O–H groups in total. The molecule has 3 aliphatic rings. The summed E-state index contributed by atoms with van der Waals surface area (Å²) in [5.74, 6) is 1.45. The second-order valence-corrected chi connectivity index (χ2v) is 13.1. The zero-order valence-corrected chi connectivity index (χ0v) is 16.1. The molecule has 22 heavy (non-hydrogen) atoms. The second-order valence-electron chi connectivity index (χ2n) is 8.70. The summed E-state index contributed by atoms with van der Waals surface area (Å²) >= 11 is 0. The lowest BCUT2D eigenvalue weighted by Gasteiger charge is -2.54. The molecule has 0 aromatic rings. The molecular weight excluding hydrogens is 292 g/mol. The lowest BCUT2D eigenvalue weighted by molar-refractivity contribution is -0.279. The zero-order valence-electron chi connectivity index (χ0n) is 15.1. The molecular formula is C18H32O3Si. The molecule has 4 atom stereocenters. The maximum atomic E-state index is 6.43. The van der Waals surface area contributed by atoms with Crippen LogP contribution in [0.5, 0.6) is 0 Å². The number of hydrogen-bond donors (Lipinski definition) is 0. The first-order valence-corrected chi connectivity index (χ1v) is 12.3. The quantitative estimate of drug-likeness (QED) is 0.680. The van der Waals surface area contributed by atoms with Crippen LogP contribution in [-0.4, -0.2) is 26.3 Å². The molecule has 0 aromatic carbocycles. The third-order valence-corrected chi connectivity index (χ3v) is 6.76. The molecule has 3 rings (SSSR count). The van der Waals surface area contributed by atoms with Gasteiger partial charge in [0, 0.05) is 18.3 Å². The van der Waals surface area contributed by atoms with E-state index in [2.05, 4.69) is 46.5 Å². The highest BCUT2D eigenvalue weighted by molar-refractivity contribution is 6.70. The maximum absolute atomic E-state index is 6.43. The molecule has 2 aliphatic carbocycles. The Hall–Kier alpha value is -0.323. The molecule has 0 aromatic heterocycles. The first-order valence-electron chi connectivity index (χ1n) is 8.89. The third-order valence-electron chi connectivity index (χ3n) is 5.88. The second kappa shape index (κ2) is 5.35. The number of hydrogen-bond acceptors (Lipinski definition) is 3. The van der Waals surface area contributed by atoms with Crippen molar-refractivity contribution < 1.29 is 13.9 Å². The Kier molecular flexibility index (Phi) is 4.02. The molecule has 126 valence electrons. The number of ether oxygens (including phenoxy) is 2. The molecule has 2 fully saturated rings. The minimum atomic E-state index is -1.52. The van der Waals surface area contributed by atoms with Gasteiger partial charge in [-0.25, -0.2) is 0 Å². The van der Waals surface area contributed by atoms with E-state index in [9.17, 15) is 0 Å². The van der Waals surface area contributed by atoms with Crippen LogP contribution in [0.1, 0.15) is 52.9 Å². The minimum Gasteiger partial charge on any atom is -0.548 e. The van der Waals surface area contributed by atoms with Crippen LogP contribution in [0.15, 0.2) is 11.8 Å². The van der Waals surface area contributed by atoms with E-state index >= 15 is 0 Å². The highest BCUT2D eigenvalue weighted by Gasteiger charge is 2.61. The van der Waals surface area contributed by atoms with Gasteiger partial charge >= 0.3 is 0 Å². The Morgan fingerprint density at radius 3 is 2.41 bits per heavy atom. The van der Waals surface area contributed by atoms with Crippen LogP contribution in [0.25, 0.3) is 0 Å². The van der Waals surface area contributed by atoms with Crippen LogP contribution in [0.3, 0.4) is 0 Å². The monoisotopic (exact) mass is 324 g/mol. The van der Waals surface area contributed by atoms with Gasteiger partial charge in [-0.15, -0.1) is 0 Å². The third kappa shape index (κ3) is 2.67. The van der Waals surface area contributed by atoms with Gasteiger partial charge in [-0.05, 0) is 64.7 Å². The molecule has 4 heteroatoms. The van der Waals surface area contributed by atoms with Crippen molar-refractivity contribution in [3.8, 4) is 0 Å². The number of allylic oxidation sites excluding steroid dienone is 2. The molecule has 0 bridgehead atoms. The van der Waals surface area contributed by atoms with Crippen LogP contribution in [0.4, 0.5) is 0 Å². The summed E-state index contributed by atoms with van der Waals surface area (Å²) in [6, 6.07) is 0.